The first kappa shape index (κ1) is 15.5. The highest BCUT2D eigenvalue weighted by molar-refractivity contribution is 5.95. The van der Waals surface area contributed by atoms with E-state index < -0.39 is 6.04 Å². The number of hydrogen-bond donors (Lipinski definition) is 2. The quantitative estimate of drug-likeness (QED) is 0.859. The third-order valence-electron chi connectivity index (χ3n) is 2.81. The molecular formula is C15H24N2O2. The molecule has 1 rings (SSSR count). The average Bonchev–Trinajstić information content (AvgIpc) is 2.36. The molecule has 0 fully saturated rings. The summed E-state index contributed by atoms with van der Waals surface area (Å²) < 4.78 is 5.48. The fourth-order valence-corrected chi connectivity index (χ4v) is 1.47. The van der Waals surface area contributed by atoms with Crippen molar-refractivity contribution >= 4 is 11.6 Å². The van der Waals surface area contributed by atoms with Crippen molar-refractivity contribution in [1.29, 1.82) is 0 Å². The van der Waals surface area contributed by atoms with Crippen LogP contribution in [0.5, 0.6) is 5.75 Å². The van der Waals surface area contributed by atoms with Crippen LogP contribution in [0.2, 0.25) is 0 Å². The van der Waals surface area contributed by atoms with Crippen LogP contribution in [-0.4, -0.2) is 18.6 Å². The van der Waals surface area contributed by atoms with Gasteiger partial charge in [-0.2, -0.15) is 0 Å². The molecule has 1 aromatic rings. The Labute approximate surface area is 115 Å². The molecular weight excluding hydrogens is 240 g/mol. The lowest BCUT2D eigenvalue weighted by molar-refractivity contribution is -0.119. The second kappa shape index (κ2) is 6.57. The molecule has 0 heterocycles. The maximum Gasteiger partial charge on any atom is 0.241 e. The molecule has 0 saturated heterocycles. The first-order chi connectivity index (χ1) is 8.84. The molecule has 0 saturated carbocycles. The summed E-state index contributed by atoms with van der Waals surface area (Å²) in [7, 11) is 0. The van der Waals surface area contributed by atoms with Gasteiger partial charge in [-0.15, -0.1) is 0 Å². The third-order valence-corrected chi connectivity index (χ3v) is 2.81. The molecule has 0 aliphatic heterocycles. The van der Waals surface area contributed by atoms with Gasteiger partial charge in [-0.25, -0.2) is 0 Å². The molecule has 0 bridgehead atoms. The summed E-state index contributed by atoms with van der Waals surface area (Å²) in [6, 6.07) is 6.78. The Hall–Kier alpha value is -1.55. The molecule has 1 unspecified atom stereocenters. The minimum Gasteiger partial charge on any atom is -0.494 e. The van der Waals surface area contributed by atoms with Gasteiger partial charge in [-0.3, -0.25) is 4.79 Å². The van der Waals surface area contributed by atoms with Crippen LogP contribution in [-0.2, 0) is 4.79 Å². The van der Waals surface area contributed by atoms with E-state index in [-0.39, 0.29) is 11.3 Å². The Morgan fingerprint density at radius 3 is 2.37 bits per heavy atom. The molecule has 0 aromatic heterocycles. The van der Waals surface area contributed by atoms with Crippen molar-refractivity contribution in [1.82, 2.24) is 0 Å². The summed E-state index contributed by atoms with van der Waals surface area (Å²) in [6.45, 7) is 8.58. The van der Waals surface area contributed by atoms with E-state index in [0.29, 0.717) is 6.61 Å². The number of carbonyl (C=O) groups excluding carboxylic acids is 1. The van der Waals surface area contributed by atoms with Crippen LogP contribution in [0.4, 0.5) is 5.69 Å². The number of rotatable bonds is 5. The summed E-state index contributed by atoms with van der Waals surface area (Å²) in [5.74, 6) is 0.634. The van der Waals surface area contributed by atoms with E-state index in [9.17, 15) is 4.79 Å². The first-order valence-corrected chi connectivity index (χ1v) is 6.64. The molecule has 1 aromatic carbocycles. The number of nitrogens with one attached hydrogen (secondary N) is 1. The summed E-state index contributed by atoms with van der Waals surface area (Å²) in [5.41, 5.74) is 6.38. The SMILES string of the molecule is CCCOc1ccc(NC(=O)C(N)C(C)(C)C)cc1. The predicted octanol–water partition coefficient (Wildman–Crippen LogP) is 2.79. The number of ether oxygens (including phenoxy) is 1. The number of nitrogens with two attached hydrogens (primary N) is 1. The fraction of sp³-hybridized carbons (Fsp3) is 0.533. The van der Waals surface area contributed by atoms with E-state index in [1.165, 1.54) is 0 Å². The van der Waals surface area contributed by atoms with Crippen LogP contribution < -0.4 is 15.8 Å². The number of amides is 1. The summed E-state index contributed by atoms with van der Waals surface area (Å²) in [6.07, 6.45) is 0.971. The molecule has 4 nitrogen and oxygen atoms in total. The first-order valence-electron chi connectivity index (χ1n) is 6.64. The highest BCUT2D eigenvalue weighted by Crippen LogP contribution is 2.20. The number of benzene rings is 1. The Bertz CT molecular complexity index is 407. The predicted molar refractivity (Wildman–Crippen MR) is 78.3 cm³/mol. The fourth-order valence-electron chi connectivity index (χ4n) is 1.47. The minimum absolute atomic E-state index is 0.172. The lowest BCUT2D eigenvalue weighted by Crippen LogP contribution is -2.45. The van der Waals surface area contributed by atoms with Gasteiger partial charge in [0.1, 0.15) is 5.75 Å². The highest BCUT2D eigenvalue weighted by atomic mass is 16.5. The van der Waals surface area contributed by atoms with E-state index in [2.05, 4.69) is 12.2 Å². The van der Waals surface area contributed by atoms with Crippen molar-refractivity contribution in [3.8, 4) is 5.75 Å². The van der Waals surface area contributed by atoms with E-state index in [1.807, 2.05) is 45.0 Å². The second-order valence-corrected chi connectivity index (χ2v) is 5.71. The van der Waals surface area contributed by atoms with Crippen LogP contribution >= 0.6 is 0 Å². The van der Waals surface area contributed by atoms with E-state index in [1.54, 1.807) is 0 Å². The Balaban J connectivity index is 2.60. The standard InChI is InChI=1S/C15H24N2O2/c1-5-10-19-12-8-6-11(7-9-12)17-14(18)13(16)15(2,3)4/h6-9,13H,5,10,16H2,1-4H3,(H,17,18). The van der Waals surface area contributed by atoms with E-state index in [0.717, 1.165) is 17.9 Å². The van der Waals surface area contributed by atoms with Crippen molar-refractivity contribution in [2.75, 3.05) is 11.9 Å². The second-order valence-electron chi connectivity index (χ2n) is 5.71. The zero-order chi connectivity index (χ0) is 14.5. The van der Waals surface area contributed by atoms with Gasteiger partial charge in [0.25, 0.3) is 0 Å². The zero-order valence-electron chi connectivity index (χ0n) is 12.2. The number of carbonyl (C=O) groups is 1. The van der Waals surface area contributed by atoms with Crippen LogP contribution in [0.1, 0.15) is 34.1 Å². The molecule has 1 atom stereocenters. The number of anilines is 1. The maximum atomic E-state index is 11.9. The minimum atomic E-state index is -0.538. The smallest absolute Gasteiger partial charge is 0.241 e. The van der Waals surface area contributed by atoms with Crippen molar-refractivity contribution in [2.24, 2.45) is 11.1 Å². The van der Waals surface area contributed by atoms with E-state index >= 15 is 0 Å². The van der Waals surface area contributed by atoms with Crippen molar-refractivity contribution in [3.05, 3.63) is 24.3 Å². The molecule has 1 amide bonds. The van der Waals surface area contributed by atoms with Crippen molar-refractivity contribution < 1.29 is 9.53 Å². The largest absolute Gasteiger partial charge is 0.494 e. The van der Waals surface area contributed by atoms with Gasteiger partial charge in [-0.1, -0.05) is 27.7 Å². The molecule has 4 heteroatoms. The Morgan fingerprint density at radius 2 is 1.89 bits per heavy atom. The average molecular weight is 264 g/mol. The topological polar surface area (TPSA) is 64.3 Å². The molecule has 0 aliphatic carbocycles. The maximum absolute atomic E-state index is 11.9. The molecule has 3 N–H and O–H groups in total. The van der Waals surface area contributed by atoms with Gasteiger partial charge < -0.3 is 15.8 Å². The lowest BCUT2D eigenvalue weighted by atomic mass is 9.87. The summed E-state index contributed by atoms with van der Waals surface area (Å²) in [4.78, 5) is 11.9. The normalized spacial score (nSPS) is 12.9. The third kappa shape index (κ3) is 4.91. The van der Waals surface area contributed by atoms with Gasteiger partial charge in [0.15, 0.2) is 0 Å². The zero-order valence-corrected chi connectivity index (χ0v) is 12.2. The molecule has 0 spiro atoms. The molecule has 19 heavy (non-hydrogen) atoms. The Kier molecular flexibility index (Phi) is 5.36. The monoisotopic (exact) mass is 264 g/mol. The van der Waals surface area contributed by atoms with Gasteiger partial charge >= 0.3 is 0 Å². The molecule has 106 valence electrons. The van der Waals surface area contributed by atoms with E-state index in [4.69, 9.17) is 10.5 Å². The van der Waals surface area contributed by atoms with Crippen LogP contribution in [0.15, 0.2) is 24.3 Å². The van der Waals surface area contributed by atoms with Crippen molar-refractivity contribution in [3.63, 3.8) is 0 Å². The molecule has 0 aliphatic rings. The van der Waals surface area contributed by atoms with Gasteiger partial charge in [-0.05, 0) is 36.1 Å². The summed E-state index contributed by atoms with van der Waals surface area (Å²) >= 11 is 0. The van der Waals surface area contributed by atoms with Gasteiger partial charge in [0, 0.05) is 5.69 Å². The van der Waals surface area contributed by atoms with Gasteiger partial charge in [0.05, 0.1) is 12.6 Å². The number of hydrogen-bond acceptors (Lipinski definition) is 3. The lowest BCUT2D eigenvalue weighted by Gasteiger charge is -2.25. The molecule has 0 radical (unpaired) electrons. The van der Waals surface area contributed by atoms with Crippen molar-refractivity contribution in [2.45, 2.75) is 40.2 Å². The van der Waals surface area contributed by atoms with Gasteiger partial charge in [0.2, 0.25) is 5.91 Å². The summed E-state index contributed by atoms with van der Waals surface area (Å²) in [5, 5.41) is 2.81. The van der Waals surface area contributed by atoms with Crippen LogP contribution in [0.3, 0.4) is 0 Å². The van der Waals surface area contributed by atoms with Crippen LogP contribution in [0, 0.1) is 5.41 Å². The Morgan fingerprint density at radius 1 is 1.32 bits per heavy atom. The van der Waals surface area contributed by atoms with Crippen LogP contribution in [0.25, 0.3) is 0 Å². The highest BCUT2D eigenvalue weighted by Gasteiger charge is 2.27.